The maximum Gasteiger partial charge on any atom is 0.336 e. The Kier molecular flexibility index (Phi) is 5.57. The van der Waals surface area contributed by atoms with Gasteiger partial charge in [-0.1, -0.05) is 50.1 Å². The standard InChI is InChI=1S/C14H16O2/c1-6-7-8-11(4)12(5)13(14(15)16)9-10(2)3/h6-9H,1-2,4-5H2,3H3,(H,15,16)/b8-7-,13-9+. The Bertz CT molecular complexity index is 406. The monoisotopic (exact) mass is 216 g/mol. The van der Waals surface area contributed by atoms with Crippen LogP contribution in [0.3, 0.4) is 0 Å². The highest BCUT2D eigenvalue weighted by molar-refractivity contribution is 5.94. The summed E-state index contributed by atoms with van der Waals surface area (Å²) in [5.41, 5.74) is 1.66. The van der Waals surface area contributed by atoms with Crippen molar-refractivity contribution in [3.63, 3.8) is 0 Å². The van der Waals surface area contributed by atoms with E-state index in [0.29, 0.717) is 16.7 Å². The molecule has 0 aromatic rings. The first-order valence-electron chi connectivity index (χ1n) is 4.68. The molecule has 0 spiro atoms. The summed E-state index contributed by atoms with van der Waals surface area (Å²) in [6, 6.07) is 0. The van der Waals surface area contributed by atoms with Gasteiger partial charge >= 0.3 is 5.97 Å². The largest absolute Gasteiger partial charge is 0.478 e. The second kappa shape index (κ2) is 6.40. The van der Waals surface area contributed by atoms with E-state index in [1.54, 1.807) is 25.2 Å². The van der Waals surface area contributed by atoms with Crippen molar-refractivity contribution in [3.05, 3.63) is 72.9 Å². The molecular weight excluding hydrogens is 200 g/mol. The van der Waals surface area contributed by atoms with Gasteiger partial charge in [0.05, 0.1) is 5.57 Å². The molecule has 1 N–H and O–H groups in total. The van der Waals surface area contributed by atoms with Crippen molar-refractivity contribution in [2.45, 2.75) is 6.92 Å². The van der Waals surface area contributed by atoms with Gasteiger partial charge in [0.1, 0.15) is 0 Å². The number of allylic oxidation sites excluding steroid dienone is 6. The molecule has 0 bridgehead atoms. The minimum atomic E-state index is -1.04. The number of carboxylic acid groups (broad SMARTS) is 1. The average molecular weight is 216 g/mol. The van der Waals surface area contributed by atoms with Crippen molar-refractivity contribution in [1.82, 2.24) is 0 Å². The van der Waals surface area contributed by atoms with Crippen molar-refractivity contribution in [2.75, 3.05) is 0 Å². The molecule has 0 rings (SSSR count). The molecule has 0 radical (unpaired) electrons. The zero-order valence-electron chi connectivity index (χ0n) is 9.49. The quantitative estimate of drug-likeness (QED) is 0.545. The molecule has 2 heteroatoms. The molecule has 84 valence electrons. The van der Waals surface area contributed by atoms with Gasteiger partial charge in [-0.25, -0.2) is 4.79 Å². The third-order valence-corrected chi connectivity index (χ3v) is 1.77. The van der Waals surface area contributed by atoms with E-state index in [9.17, 15) is 4.79 Å². The summed E-state index contributed by atoms with van der Waals surface area (Å²) in [6.45, 7) is 16.3. The zero-order valence-corrected chi connectivity index (χ0v) is 9.49. The maximum atomic E-state index is 11.0. The topological polar surface area (TPSA) is 37.3 Å². The number of aliphatic carboxylic acids is 1. The molecule has 2 nitrogen and oxygen atoms in total. The number of hydrogen-bond acceptors (Lipinski definition) is 1. The molecule has 0 heterocycles. The van der Waals surface area contributed by atoms with Crippen LogP contribution in [0.4, 0.5) is 0 Å². The first kappa shape index (κ1) is 13.9. The van der Waals surface area contributed by atoms with E-state index in [-0.39, 0.29) is 5.57 Å². The summed E-state index contributed by atoms with van der Waals surface area (Å²) in [4.78, 5) is 11.0. The van der Waals surface area contributed by atoms with Crippen LogP contribution in [0.1, 0.15) is 6.92 Å². The van der Waals surface area contributed by atoms with Gasteiger partial charge in [0.2, 0.25) is 0 Å². The van der Waals surface area contributed by atoms with E-state index in [1.807, 2.05) is 0 Å². The molecular formula is C14H16O2. The predicted molar refractivity (Wildman–Crippen MR) is 68.1 cm³/mol. The van der Waals surface area contributed by atoms with Crippen LogP contribution in [0, 0.1) is 0 Å². The average Bonchev–Trinajstić information content (AvgIpc) is 2.20. The lowest BCUT2D eigenvalue weighted by atomic mass is 9.98. The van der Waals surface area contributed by atoms with E-state index in [2.05, 4.69) is 26.3 Å². The van der Waals surface area contributed by atoms with Gasteiger partial charge in [-0.3, -0.25) is 0 Å². The lowest BCUT2D eigenvalue weighted by Gasteiger charge is -2.06. The smallest absolute Gasteiger partial charge is 0.336 e. The second-order valence-corrected chi connectivity index (χ2v) is 3.31. The summed E-state index contributed by atoms with van der Waals surface area (Å²) >= 11 is 0. The van der Waals surface area contributed by atoms with Gasteiger partial charge in [0.15, 0.2) is 0 Å². The van der Waals surface area contributed by atoms with E-state index in [4.69, 9.17) is 5.11 Å². The van der Waals surface area contributed by atoms with Crippen LogP contribution in [0.5, 0.6) is 0 Å². The van der Waals surface area contributed by atoms with Crippen LogP contribution in [0.15, 0.2) is 72.9 Å². The Labute approximate surface area is 96.3 Å². The highest BCUT2D eigenvalue weighted by Crippen LogP contribution is 2.19. The lowest BCUT2D eigenvalue weighted by molar-refractivity contribution is -0.132. The van der Waals surface area contributed by atoms with Crippen LogP contribution >= 0.6 is 0 Å². The molecule has 0 saturated heterocycles. The lowest BCUT2D eigenvalue weighted by Crippen LogP contribution is -2.04. The van der Waals surface area contributed by atoms with Gasteiger partial charge in [-0.2, -0.15) is 0 Å². The van der Waals surface area contributed by atoms with Crippen LogP contribution < -0.4 is 0 Å². The van der Waals surface area contributed by atoms with Crippen molar-refractivity contribution < 1.29 is 9.90 Å². The third-order valence-electron chi connectivity index (χ3n) is 1.77. The van der Waals surface area contributed by atoms with E-state index in [1.165, 1.54) is 6.08 Å². The minimum absolute atomic E-state index is 0.103. The molecule has 0 aromatic heterocycles. The van der Waals surface area contributed by atoms with Gasteiger partial charge in [-0.05, 0) is 24.1 Å². The summed E-state index contributed by atoms with van der Waals surface area (Å²) in [7, 11) is 0. The Morgan fingerprint density at radius 2 is 1.81 bits per heavy atom. The van der Waals surface area contributed by atoms with Crippen molar-refractivity contribution >= 4 is 5.97 Å². The van der Waals surface area contributed by atoms with Crippen LogP contribution in [-0.4, -0.2) is 11.1 Å². The predicted octanol–water partition coefficient (Wildman–Crippen LogP) is 3.43. The SMILES string of the molecule is C=C/C=C\C(=C)C(=C)/C(=C\C(=C)C)C(=O)O. The highest BCUT2D eigenvalue weighted by Gasteiger charge is 2.12. The summed E-state index contributed by atoms with van der Waals surface area (Å²) in [5.74, 6) is -1.04. The van der Waals surface area contributed by atoms with Gasteiger partial charge in [-0.15, -0.1) is 0 Å². The van der Waals surface area contributed by atoms with Crippen LogP contribution in [-0.2, 0) is 4.79 Å². The van der Waals surface area contributed by atoms with Gasteiger partial charge in [0, 0.05) is 0 Å². The molecule has 0 saturated carbocycles. The van der Waals surface area contributed by atoms with E-state index in [0.717, 1.165) is 0 Å². The molecule has 0 fully saturated rings. The van der Waals surface area contributed by atoms with Gasteiger partial charge < -0.3 is 5.11 Å². The Morgan fingerprint density at radius 3 is 2.19 bits per heavy atom. The molecule has 0 aliphatic carbocycles. The molecule has 0 unspecified atom stereocenters. The van der Waals surface area contributed by atoms with E-state index >= 15 is 0 Å². The summed E-state index contributed by atoms with van der Waals surface area (Å²) < 4.78 is 0. The van der Waals surface area contributed by atoms with Crippen molar-refractivity contribution in [3.8, 4) is 0 Å². The fraction of sp³-hybridized carbons (Fsp3) is 0.0714. The maximum absolute atomic E-state index is 11.0. The van der Waals surface area contributed by atoms with Crippen LogP contribution in [0.2, 0.25) is 0 Å². The minimum Gasteiger partial charge on any atom is -0.478 e. The first-order valence-corrected chi connectivity index (χ1v) is 4.68. The summed E-state index contributed by atoms with van der Waals surface area (Å²) in [5, 5.41) is 9.01. The molecule has 0 aliphatic heterocycles. The van der Waals surface area contributed by atoms with Crippen LogP contribution in [0.25, 0.3) is 0 Å². The Morgan fingerprint density at radius 1 is 1.25 bits per heavy atom. The second-order valence-electron chi connectivity index (χ2n) is 3.31. The van der Waals surface area contributed by atoms with Gasteiger partial charge in [0.25, 0.3) is 0 Å². The number of carbonyl (C=O) groups is 1. The fourth-order valence-electron chi connectivity index (χ4n) is 0.982. The van der Waals surface area contributed by atoms with Crippen molar-refractivity contribution in [1.29, 1.82) is 0 Å². The highest BCUT2D eigenvalue weighted by atomic mass is 16.4. The first-order chi connectivity index (χ1) is 7.40. The molecule has 16 heavy (non-hydrogen) atoms. The third kappa shape index (κ3) is 4.42. The number of rotatable bonds is 6. The molecule has 0 atom stereocenters. The zero-order chi connectivity index (χ0) is 12.7. The normalized spacial score (nSPS) is 11.2. The fourth-order valence-corrected chi connectivity index (χ4v) is 0.982. The van der Waals surface area contributed by atoms with Crippen molar-refractivity contribution in [2.24, 2.45) is 0 Å². The number of carboxylic acids is 1. The summed E-state index contributed by atoms with van der Waals surface area (Å²) in [6.07, 6.45) is 6.39. The molecule has 0 aliphatic rings. The Balaban J connectivity index is 5.12. The van der Waals surface area contributed by atoms with E-state index < -0.39 is 5.97 Å². The number of hydrogen-bond donors (Lipinski definition) is 1. The molecule has 0 aromatic carbocycles. The molecule has 0 amide bonds. The Hall–Kier alpha value is -2.09.